The van der Waals surface area contributed by atoms with Crippen molar-refractivity contribution in [3.8, 4) is 11.5 Å². The predicted octanol–water partition coefficient (Wildman–Crippen LogP) is 3.64. The van der Waals surface area contributed by atoms with Crippen LogP contribution in [0.3, 0.4) is 0 Å². The van der Waals surface area contributed by atoms with Gasteiger partial charge in [-0.25, -0.2) is 0 Å². The van der Waals surface area contributed by atoms with E-state index in [1.54, 1.807) is 25.2 Å². The Kier molecular flexibility index (Phi) is 7.93. The number of carbonyl (C=O) groups is 1. The fourth-order valence-corrected chi connectivity index (χ4v) is 4.06. The van der Waals surface area contributed by atoms with Crippen LogP contribution in [0.25, 0.3) is 6.08 Å². The van der Waals surface area contributed by atoms with Crippen molar-refractivity contribution >= 4 is 40.3 Å². The first-order valence-corrected chi connectivity index (χ1v) is 9.96. The first-order valence-electron chi connectivity index (χ1n) is 8.73. The molecule has 1 amide bonds. The molecule has 26 heavy (non-hydrogen) atoms. The van der Waals surface area contributed by atoms with Crippen LogP contribution in [0.4, 0.5) is 0 Å². The predicted molar refractivity (Wildman–Crippen MR) is 112 cm³/mol. The monoisotopic (exact) mass is 394 g/mol. The number of nitrogens with zero attached hydrogens (tertiary/aromatic N) is 2. The number of rotatable bonds is 9. The summed E-state index contributed by atoms with van der Waals surface area (Å²) >= 11 is 6.75. The van der Waals surface area contributed by atoms with Crippen molar-refractivity contribution in [3.63, 3.8) is 0 Å². The maximum absolute atomic E-state index is 12.7. The fourth-order valence-electron chi connectivity index (χ4n) is 2.76. The van der Waals surface area contributed by atoms with Gasteiger partial charge in [-0.05, 0) is 44.3 Å². The lowest BCUT2D eigenvalue weighted by atomic mass is 10.1. The molecule has 1 aromatic carbocycles. The topological polar surface area (TPSA) is 42.0 Å². The van der Waals surface area contributed by atoms with E-state index in [0.29, 0.717) is 27.3 Å². The van der Waals surface area contributed by atoms with Crippen molar-refractivity contribution in [3.05, 3.63) is 28.7 Å². The van der Waals surface area contributed by atoms with Crippen LogP contribution in [0, 0.1) is 0 Å². The minimum atomic E-state index is -0.0302. The Morgan fingerprint density at radius 3 is 2.58 bits per heavy atom. The average Bonchev–Trinajstić information content (AvgIpc) is 2.92. The number of hydrogen-bond donors (Lipinski definition) is 0. The summed E-state index contributed by atoms with van der Waals surface area (Å²) in [5, 5.41) is 0. The van der Waals surface area contributed by atoms with Gasteiger partial charge in [0.25, 0.3) is 5.91 Å². The van der Waals surface area contributed by atoms with Gasteiger partial charge in [0.15, 0.2) is 0 Å². The molecule has 0 aromatic heterocycles. The Morgan fingerprint density at radius 2 is 1.96 bits per heavy atom. The largest absolute Gasteiger partial charge is 0.497 e. The summed E-state index contributed by atoms with van der Waals surface area (Å²) in [6.45, 7) is 7.95. The van der Waals surface area contributed by atoms with Crippen LogP contribution in [-0.2, 0) is 4.79 Å². The number of methoxy groups -OCH3 is 2. The molecule has 0 saturated carbocycles. The zero-order valence-corrected chi connectivity index (χ0v) is 17.4. The number of ether oxygens (including phenoxy) is 2. The Labute approximate surface area is 165 Å². The van der Waals surface area contributed by atoms with E-state index < -0.39 is 0 Å². The lowest BCUT2D eigenvalue weighted by molar-refractivity contribution is -0.122. The number of amides is 1. The second-order valence-electron chi connectivity index (χ2n) is 5.82. The summed E-state index contributed by atoms with van der Waals surface area (Å²) in [6.07, 6.45) is 2.75. The molecule has 0 aliphatic carbocycles. The van der Waals surface area contributed by atoms with Crippen molar-refractivity contribution in [2.45, 2.75) is 20.3 Å². The lowest BCUT2D eigenvalue weighted by Crippen LogP contribution is -2.32. The molecule has 0 bridgehead atoms. The zero-order valence-electron chi connectivity index (χ0n) is 15.8. The summed E-state index contributed by atoms with van der Waals surface area (Å²) in [5.41, 5.74) is 0.831. The highest BCUT2D eigenvalue weighted by Gasteiger charge is 2.31. The molecule has 142 valence electrons. The highest BCUT2D eigenvalue weighted by atomic mass is 32.2. The quantitative estimate of drug-likeness (QED) is 0.471. The zero-order chi connectivity index (χ0) is 19.1. The summed E-state index contributed by atoms with van der Waals surface area (Å²) < 4.78 is 11.2. The van der Waals surface area contributed by atoms with Gasteiger partial charge >= 0.3 is 0 Å². The summed E-state index contributed by atoms with van der Waals surface area (Å²) in [4.78, 5) is 17.4. The van der Waals surface area contributed by atoms with E-state index in [1.165, 1.54) is 11.8 Å². The highest BCUT2D eigenvalue weighted by Crippen LogP contribution is 2.35. The van der Waals surface area contributed by atoms with Gasteiger partial charge in [0.2, 0.25) is 0 Å². The maximum Gasteiger partial charge on any atom is 0.266 e. The van der Waals surface area contributed by atoms with Gasteiger partial charge in [-0.3, -0.25) is 9.69 Å². The van der Waals surface area contributed by atoms with Crippen molar-refractivity contribution in [2.75, 3.05) is 40.4 Å². The van der Waals surface area contributed by atoms with E-state index in [0.717, 1.165) is 31.6 Å². The molecule has 1 aliphatic rings. The number of thiocarbonyl (C=S) groups is 1. The molecule has 1 saturated heterocycles. The number of thioether (sulfide) groups is 1. The van der Waals surface area contributed by atoms with Crippen LogP contribution in [0.15, 0.2) is 23.1 Å². The third-order valence-corrected chi connectivity index (χ3v) is 5.73. The minimum Gasteiger partial charge on any atom is -0.497 e. The molecule has 0 radical (unpaired) electrons. The van der Waals surface area contributed by atoms with E-state index >= 15 is 0 Å². The Bertz CT molecular complexity index is 687. The normalized spacial score (nSPS) is 16.0. The van der Waals surface area contributed by atoms with Crippen molar-refractivity contribution < 1.29 is 14.3 Å². The molecule has 0 unspecified atom stereocenters. The van der Waals surface area contributed by atoms with Gasteiger partial charge in [0, 0.05) is 18.2 Å². The third kappa shape index (κ3) is 4.99. The molecule has 0 atom stereocenters. The van der Waals surface area contributed by atoms with E-state index in [2.05, 4.69) is 18.7 Å². The van der Waals surface area contributed by atoms with Crippen molar-refractivity contribution in [1.29, 1.82) is 0 Å². The van der Waals surface area contributed by atoms with Gasteiger partial charge in [-0.1, -0.05) is 37.8 Å². The molecular weight excluding hydrogens is 368 g/mol. The van der Waals surface area contributed by atoms with Gasteiger partial charge in [0.05, 0.1) is 19.1 Å². The second-order valence-corrected chi connectivity index (χ2v) is 7.50. The smallest absolute Gasteiger partial charge is 0.266 e. The maximum atomic E-state index is 12.7. The van der Waals surface area contributed by atoms with Crippen LogP contribution >= 0.6 is 24.0 Å². The third-order valence-electron chi connectivity index (χ3n) is 4.35. The molecule has 5 nitrogen and oxygen atoms in total. The molecule has 1 heterocycles. The molecule has 2 rings (SSSR count). The summed E-state index contributed by atoms with van der Waals surface area (Å²) in [7, 11) is 3.21. The minimum absolute atomic E-state index is 0.0302. The Morgan fingerprint density at radius 1 is 1.23 bits per heavy atom. The van der Waals surface area contributed by atoms with E-state index in [4.69, 9.17) is 21.7 Å². The van der Waals surface area contributed by atoms with E-state index in [9.17, 15) is 4.79 Å². The Balaban J connectivity index is 2.09. The lowest BCUT2D eigenvalue weighted by Gasteiger charge is -2.20. The van der Waals surface area contributed by atoms with Gasteiger partial charge in [-0.15, -0.1) is 0 Å². The van der Waals surface area contributed by atoms with Crippen LogP contribution < -0.4 is 9.47 Å². The molecule has 7 heteroatoms. The molecule has 1 fully saturated rings. The average molecular weight is 395 g/mol. The fraction of sp³-hybridized carbons (Fsp3) is 0.474. The summed E-state index contributed by atoms with van der Waals surface area (Å²) in [6, 6.07) is 5.53. The standard InChI is InChI=1S/C19H26N2O3S2/c1-5-20(6-2)10-7-11-21-18(22)17(26-19(21)25)12-14-8-9-15(23-3)13-16(14)24-4/h8-9,12-13H,5-7,10-11H2,1-4H3. The van der Waals surface area contributed by atoms with E-state index in [1.807, 2.05) is 18.2 Å². The first kappa shape index (κ1) is 20.7. The van der Waals surface area contributed by atoms with Gasteiger partial charge < -0.3 is 14.4 Å². The highest BCUT2D eigenvalue weighted by molar-refractivity contribution is 8.26. The van der Waals surface area contributed by atoms with Gasteiger partial charge in [-0.2, -0.15) is 0 Å². The van der Waals surface area contributed by atoms with Gasteiger partial charge in [0.1, 0.15) is 15.8 Å². The summed E-state index contributed by atoms with van der Waals surface area (Å²) in [5.74, 6) is 1.34. The van der Waals surface area contributed by atoms with Crippen LogP contribution in [0.1, 0.15) is 25.8 Å². The van der Waals surface area contributed by atoms with Crippen molar-refractivity contribution in [2.24, 2.45) is 0 Å². The van der Waals surface area contributed by atoms with Crippen LogP contribution in [0.5, 0.6) is 11.5 Å². The second kappa shape index (κ2) is 9.94. The van der Waals surface area contributed by atoms with Crippen molar-refractivity contribution in [1.82, 2.24) is 9.80 Å². The number of hydrogen-bond acceptors (Lipinski definition) is 6. The van der Waals surface area contributed by atoms with Crippen LogP contribution in [0.2, 0.25) is 0 Å². The number of benzene rings is 1. The number of carbonyl (C=O) groups excluding carboxylic acids is 1. The molecule has 1 aromatic rings. The molecule has 0 spiro atoms. The SMILES string of the molecule is CCN(CC)CCCN1C(=O)C(=Cc2ccc(OC)cc2OC)SC1=S. The van der Waals surface area contributed by atoms with E-state index in [-0.39, 0.29) is 5.91 Å². The first-order chi connectivity index (χ1) is 12.5. The molecule has 1 aliphatic heterocycles. The Hall–Kier alpha value is -1.57. The molecular formula is C19H26N2O3S2. The van der Waals surface area contributed by atoms with Crippen LogP contribution in [-0.4, -0.2) is 60.4 Å². The molecule has 0 N–H and O–H groups in total.